The Morgan fingerprint density at radius 2 is 2.00 bits per heavy atom. The smallest absolute Gasteiger partial charge is 0.315 e. The van der Waals surface area contributed by atoms with Crippen molar-refractivity contribution >= 4 is 17.7 Å². The molecule has 0 bridgehead atoms. The molecule has 0 unspecified atom stereocenters. The monoisotopic (exact) mass is 252 g/mol. The summed E-state index contributed by atoms with van der Waals surface area (Å²) in [5.74, 6) is 1.20. The van der Waals surface area contributed by atoms with Crippen LogP contribution in [0, 0.1) is 6.92 Å². The summed E-state index contributed by atoms with van der Waals surface area (Å²) in [4.78, 5) is 11.3. The number of carbonyl (C=O) groups excluding carboxylic acids is 1. The van der Waals surface area contributed by atoms with Gasteiger partial charge < -0.3 is 4.74 Å². The zero-order valence-electron chi connectivity index (χ0n) is 10.6. The van der Waals surface area contributed by atoms with Crippen molar-refractivity contribution in [1.29, 1.82) is 0 Å². The molecule has 0 saturated carbocycles. The van der Waals surface area contributed by atoms with Gasteiger partial charge in [0.25, 0.3) is 0 Å². The van der Waals surface area contributed by atoms with E-state index in [2.05, 4.69) is 38.1 Å². The molecule has 3 heteroatoms. The molecule has 0 aliphatic carbocycles. The van der Waals surface area contributed by atoms with Crippen LogP contribution in [0.1, 0.15) is 30.9 Å². The molecule has 0 amide bonds. The van der Waals surface area contributed by atoms with Gasteiger partial charge in [0.15, 0.2) is 0 Å². The van der Waals surface area contributed by atoms with E-state index in [0.29, 0.717) is 12.4 Å². The lowest BCUT2D eigenvalue weighted by Gasteiger charge is -2.04. The van der Waals surface area contributed by atoms with E-state index in [1.54, 1.807) is 11.8 Å². The molecule has 0 radical (unpaired) electrons. The van der Waals surface area contributed by atoms with Gasteiger partial charge in [-0.3, -0.25) is 4.79 Å². The Hall–Kier alpha value is -0.960. The van der Waals surface area contributed by atoms with Gasteiger partial charge in [-0.15, -0.1) is 11.8 Å². The Morgan fingerprint density at radius 1 is 1.29 bits per heavy atom. The number of hydrogen-bond acceptors (Lipinski definition) is 3. The third-order valence-electron chi connectivity index (χ3n) is 2.37. The van der Waals surface area contributed by atoms with Gasteiger partial charge in [-0.1, -0.05) is 43.2 Å². The summed E-state index contributed by atoms with van der Waals surface area (Å²) in [5, 5.41) is 0. The molecule has 1 rings (SSSR count). The highest BCUT2D eigenvalue weighted by Gasteiger charge is 2.02. The van der Waals surface area contributed by atoms with Gasteiger partial charge in [-0.05, 0) is 18.9 Å². The largest absolute Gasteiger partial charge is 0.465 e. The third-order valence-corrected chi connectivity index (χ3v) is 3.35. The van der Waals surface area contributed by atoms with Crippen LogP contribution >= 0.6 is 11.8 Å². The van der Waals surface area contributed by atoms with Crippen molar-refractivity contribution in [3.05, 3.63) is 35.4 Å². The Labute approximate surface area is 108 Å². The number of esters is 1. The minimum Gasteiger partial charge on any atom is -0.465 e. The molecule has 0 fully saturated rings. The van der Waals surface area contributed by atoms with Crippen molar-refractivity contribution in [2.45, 2.75) is 32.4 Å². The first-order valence-corrected chi connectivity index (χ1v) is 7.16. The summed E-state index contributed by atoms with van der Waals surface area (Å²) >= 11 is 1.60. The number of benzene rings is 1. The molecule has 1 aromatic rings. The highest BCUT2D eigenvalue weighted by molar-refractivity contribution is 7.99. The van der Waals surface area contributed by atoms with Gasteiger partial charge in [0.05, 0.1) is 12.4 Å². The minimum absolute atomic E-state index is 0.101. The topological polar surface area (TPSA) is 26.3 Å². The van der Waals surface area contributed by atoms with Crippen molar-refractivity contribution < 1.29 is 9.53 Å². The summed E-state index contributed by atoms with van der Waals surface area (Å²) in [5.41, 5.74) is 2.51. The van der Waals surface area contributed by atoms with E-state index in [1.165, 1.54) is 11.1 Å². The number of thioether (sulfide) groups is 1. The average Bonchev–Trinajstić information content (AvgIpc) is 2.32. The fraction of sp³-hybridized carbons (Fsp3) is 0.500. The normalized spacial score (nSPS) is 10.2. The molecular formula is C14H20O2S. The number of carbonyl (C=O) groups is 1. The summed E-state index contributed by atoms with van der Waals surface area (Å²) in [7, 11) is 0. The maximum atomic E-state index is 11.3. The quantitative estimate of drug-likeness (QED) is 0.548. The molecule has 0 saturated heterocycles. The van der Waals surface area contributed by atoms with Gasteiger partial charge in [0, 0.05) is 5.75 Å². The van der Waals surface area contributed by atoms with Gasteiger partial charge in [-0.2, -0.15) is 0 Å². The SMILES string of the molecule is CCCCOC(=O)CSCc1ccc(C)cc1. The van der Waals surface area contributed by atoms with Crippen molar-refractivity contribution in [2.75, 3.05) is 12.4 Å². The second-order valence-corrected chi connectivity index (χ2v) is 5.04. The predicted molar refractivity (Wildman–Crippen MR) is 73.2 cm³/mol. The highest BCUT2D eigenvalue weighted by Crippen LogP contribution is 2.13. The number of rotatable bonds is 7. The Kier molecular flexibility index (Phi) is 6.78. The first-order valence-electron chi connectivity index (χ1n) is 6.01. The molecule has 1 aromatic carbocycles. The van der Waals surface area contributed by atoms with Gasteiger partial charge in [0.2, 0.25) is 0 Å². The number of ether oxygens (including phenoxy) is 1. The lowest BCUT2D eigenvalue weighted by molar-refractivity contribution is -0.140. The molecule has 2 nitrogen and oxygen atoms in total. The first-order chi connectivity index (χ1) is 8.22. The molecule has 0 N–H and O–H groups in total. The van der Waals surface area contributed by atoms with Crippen LogP contribution in [0.25, 0.3) is 0 Å². The molecule has 0 aromatic heterocycles. The average molecular weight is 252 g/mol. The number of hydrogen-bond donors (Lipinski definition) is 0. The number of unbranched alkanes of at least 4 members (excludes halogenated alkanes) is 1. The zero-order valence-corrected chi connectivity index (χ0v) is 11.4. The van der Waals surface area contributed by atoms with E-state index >= 15 is 0 Å². The van der Waals surface area contributed by atoms with Crippen LogP contribution < -0.4 is 0 Å². The van der Waals surface area contributed by atoms with E-state index in [9.17, 15) is 4.79 Å². The molecule has 17 heavy (non-hydrogen) atoms. The van der Waals surface area contributed by atoms with Crippen LogP contribution in [0.15, 0.2) is 24.3 Å². The van der Waals surface area contributed by atoms with Gasteiger partial charge in [0.1, 0.15) is 0 Å². The first kappa shape index (κ1) is 14.1. The van der Waals surface area contributed by atoms with Crippen LogP contribution in [0.4, 0.5) is 0 Å². The van der Waals surface area contributed by atoms with E-state index in [-0.39, 0.29) is 5.97 Å². The molecule has 94 valence electrons. The Balaban J connectivity index is 2.14. The lowest BCUT2D eigenvalue weighted by Crippen LogP contribution is -2.08. The molecule has 0 atom stereocenters. The van der Waals surface area contributed by atoms with Crippen LogP contribution in [0.5, 0.6) is 0 Å². The Bertz CT molecular complexity index is 333. The Morgan fingerprint density at radius 3 is 2.65 bits per heavy atom. The van der Waals surface area contributed by atoms with Crippen LogP contribution in [0.3, 0.4) is 0 Å². The summed E-state index contributed by atoms with van der Waals surface area (Å²) < 4.78 is 5.08. The maximum absolute atomic E-state index is 11.3. The fourth-order valence-electron chi connectivity index (χ4n) is 1.31. The van der Waals surface area contributed by atoms with Crippen LogP contribution in [-0.4, -0.2) is 18.3 Å². The van der Waals surface area contributed by atoms with Crippen LogP contribution in [-0.2, 0) is 15.3 Å². The second-order valence-electron chi connectivity index (χ2n) is 4.05. The highest BCUT2D eigenvalue weighted by atomic mass is 32.2. The second kappa shape index (κ2) is 8.18. The van der Waals surface area contributed by atoms with Gasteiger partial charge >= 0.3 is 5.97 Å². The predicted octanol–water partition coefficient (Wildman–Crippen LogP) is 3.57. The van der Waals surface area contributed by atoms with E-state index in [1.807, 2.05) is 0 Å². The fourth-order valence-corrected chi connectivity index (χ4v) is 2.09. The van der Waals surface area contributed by atoms with Crippen molar-refractivity contribution in [1.82, 2.24) is 0 Å². The summed E-state index contributed by atoms with van der Waals surface area (Å²) in [6.45, 7) is 4.71. The van der Waals surface area contributed by atoms with Crippen molar-refractivity contribution in [3.8, 4) is 0 Å². The molecule has 0 aliphatic heterocycles. The van der Waals surface area contributed by atoms with Crippen molar-refractivity contribution in [2.24, 2.45) is 0 Å². The van der Waals surface area contributed by atoms with E-state index in [4.69, 9.17) is 4.74 Å². The van der Waals surface area contributed by atoms with Crippen LogP contribution in [0.2, 0.25) is 0 Å². The van der Waals surface area contributed by atoms with Crippen molar-refractivity contribution in [3.63, 3.8) is 0 Å². The van der Waals surface area contributed by atoms with E-state index in [0.717, 1.165) is 18.6 Å². The van der Waals surface area contributed by atoms with Gasteiger partial charge in [-0.25, -0.2) is 0 Å². The lowest BCUT2D eigenvalue weighted by atomic mass is 10.2. The third kappa shape index (κ3) is 6.37. The minimum atomic E-state index is -0.101. The molecular weight excluding hydrogens is 232 g/mol. The van der Waals surface area contributed by atoms with E-state index < -0.39 is 0 Å². The number of aryl methyl sites for hydroxylation is 1. The molecule has 0 aliphatic rings. The molecule has 0 spiro atoms. The molecule has 0 heterocycles. The maximum Gasteiger partial charge on any atom is 0.315 e. The summed E-state index contributed by atoms with van der Waals surface area (Å²) in [6, 6.07) is 8.39. The standard InChI is InChI=1S/C14H20O2S/c1-3-4-9-16-14(15)11-17-10-13-7-5-12(2)6-8-13/h5-8H,3-4,9-11H2,1-2H3. The zero-order chi connectivity index (χ0) is 12.5. The summed E-state index contributed by atoms with van der Waals surface area (Å²) in [6.07, 6.45) is 2.01.